The van der Waals surface area contributed by atoms with Gasteiger partial charge in [0.1, 0.15) is 5.82 Å². The van der Waals surface area contributed by atoms with Crippen molar-refractivity contribution >= 4 is 5.82 Å². The van der Waals surface area contributed by atoms with E-state index in [0.29, 0.717) is 0 Å². The molecular weight excluding hydrogens is 222 g/mol. The number of pyridine rings is 1. The number of hydrogen-bond acceptors (Lipinski definition) is 3. The third kappa shape index (κ3) is 4.65. The van der Waals surface area contributed by atoms with E-state index < -0.39 is 0 Å². The first kappa shape index (κ1) is 15.0. The third-order valence-corrected chi connectivity index (χ3v) is 3.18. The molecule has 0 bridgehead atoms. The number of anilines is 1. The molecule has 102 valence electrons. The first-order valence-electron chi connectivity index (χ1n) is 7.15. The molecule has 1 rings (SSSR count). The number of nitrogens with zero attached hydrogens (tertiary/aromatic N) is 2. The molecule has 0 aromatic carbocycles. The summed E-state index contributed by atoms with van der Waals surface area (Å²) in [6, 6.07) is 4.22. The molecule has 3 heteroatoms. The van der Waals surface area contributed by atoms with Gasteiger partial charge in [-0.2, -0.15) is 0 Å². The van der Waals surface area contributed by atoms with Gasteiger partial charge in [0, 0.05) is 25.3 Å². The summed E-state index contributed by atoms with van der Waals surface area (Å²) >= 11 is 0. The van der Waals surface area contributed by atoms with E-state index in [9.17, 15) is 0 Å². The summed E-state index contributed by atoms with van der Waals surface area (Å²) in [7, 11) is 0. The van der Waals surface area contributed by atoms with Crippen LogP contribution in [0, 0.1) is 0 Å². The quantitative estimate of drug-likeness (QED) is 0.766. The first-order valence-corrected chi connectivity index (χ1v) is 7.15. The van der Waals surface area contributed by atoms with Crippen LogP contribution in [-0.4, -0.2) is 18.1 Å². The molecule has 0 saturated heterocycles. The molecule has 2 N–H and O–H groups in total. The lowest BCUT2D eigenvalue weighted by Gasteiger charge is -2.24. The Kier molecular flexibility index (Phi) is 6.73. The van der Waals surface area contributed by atoms with Crippen molar-refractivity contribution in [2.75, 3.05) is 18.0 Å². The van der Waals surface area contributed by atoms with Crippen molar-refractivity contribution in [1.82, 2.24) is 4.98 Å². The zero-order valence-corrected chi connectivity index (χ0v) is 12.0. The van der Waals surface area contributed by atoms with Gasteiger partial charge in [-0.25, -0.2) is 4.98 Å². The number of rotatable bonds is 8. The van der Waals surface area contributed by atoms with E-state index in [1.807, 2.05) is 19.2 Å². The van der Waals surface area contributed by atoms with E-state index in [4.69, 9.17) is 5.73 Å². The molecule has 1 atom stereocenters. The zero-order chi connectivity index (χ0) is 13.4. The van der Waals surface area contributed by atoms with Crippen LogP contribution in [0.5, 0.6) is 0 Å². The molecule has 1 heterocycles. The van der Waals surface area contributed by atoms with Gasteiger partial charge in [0.25, 0.3) is 0 Å². The van der Waals surface area contributed by atoms with Gasteiger partial charge in [-0.05, 0) is 37.5 Å². The van der Waals surface area contributed by atoms with Crippen molar-refractivity contribution in [1.29, 1.82) is 0 Å². The summed E-state index contributed by atoms with van der Waals surface area (Å²) in [6.07, 6.45) is 6.74. The molecule has 0 fully saturated rings. The molecule has 0 aliphatic rings. The van der Waals surface area contributed by atoms with Crippen LogP contribution in [0.15, 0.2) is 18.3 Å². The van der Waals surface area contributed by atoms with Crippen LogP contribution in [0.2, 0.25) is 0 Å². The normalized spacial score (nSPS) is 12.4. The van der Waals surface area contributed by atoms with Crippen molar-refractivity contribution in [3.63, 3.8) is 0 Å². The molecule has 0 aliphatic heterocycles. The van der Waals surface area contributed by atoms with Crippen LogP contribution in [0.1, 0.15) is 58.1 Å². The van der Waals surface area contributed by atoms with Gasteiger partial charge in [0.15, 0.2) is 0 Å². The number of unbranched alkanes of at least 4 members (excludes halogenated alkanes) is 2. The lowest BCUT2D eigenvalue weighted by atomic mass is 10.1. The van der Waals surface area contributed by atoms with Crippen molar-refractivity contribution < 1.29 is 0 Å². The summed E-state index contributed by atoms with van der Waals surface area (Å²) < 4.78 is 0. The van der Waals surface area contributed by atoms with Gasteiger partial charge in [0.05, 0.1) is 0 Å². The summed E-state index contributed by atoms with van der Waals surface area (Å²) in [6.45, 7) is 8.65. The monoisotopic (exact) mass is 249 g/mol. The zero-order valence-electron chi connectivity index (χ0n) is 12.0. The Morgan fingerprint density at radius 3 is 2.33 bits per heavy atom. The molecule has 0 unspecified atom stereocenters. The van der Waals surface area contributed by atoms with Gasteiger partial charge in [0.2, 0.25) is 0 Å². The topological polar surface area (TPSA) is 42.1 Å². The molecule has 0 spiro atoms. The van der Waals surface area contributed by atoms with E-state index in [0.717, 1.165) is 24.5 Å². The van der Waals surface area contributed by atoms with Crippen molar-refractivity contribution in [3.8, 4) is 0 Å². The largest absolute Gasteiger partial charge is 0.357 e. The Balaban J connectivity index is 2.78. The number of aromatic nitrogens is 1. The van der Waals surface area contributed by atoms with Gasteiger partial charge < -0.3 is 10.6 Å². The lowest BCUT2D eigenvalue weighted by molar-refractivity contribution is 0.670. The molecule has 0 aliphatic carbocycles. The van der Waals surface area contributed by atoms with Crippen LogP contribution in [0.25, 0.3) is 0 Å². The third-order valence-electron chi connectivity index (χ3n) is 3.18. The average molecular weight is 249 g/mol. The molecule has 18 heavy (non-hydrogen) atoms. The van der Waals surface area contributed by atoms with E-state index in [1.165, 1.54) is 25.7 Å². The van der Waals surface area contributed by atoms with Crippen molar-refractivity contribution in [2.45, 2.75) is 52.5 Å². The fourth-order valence-electron chi connectivity index (χ4n) is 1.93. The van der Waals surface area contributed by atoms with Crippen molar-refractivity contribution in [2.24, 2.45) is 5.73 Å². The SMILES string of the molecule is CCCCN(CCCC)c1cc([C@H](C)N)ccn1. The predicted molar refractivity (Wildman–Crippen MR) is 78.9 cm³/mol. The molecule has 0 radical (unpaired) electrons. The van der Waals surface area contributed by atoms with E-state index in [2.05, 4.69) is 29.8 Å². The van der Waals surface area contributed by atoms with Crippen LogP contribution in [0.4, 0.5) is 5.82 Å². The highest BCUT2D eigenvalue weighted by Gasteiger charge is 2.09. The summed E-state index contributed by atoms with van der Waals surface area (Å²) in [5, 5.41) is 0. The second kappa shape index (κ2) is 8.09. The van der Waals surface area contributed by atoms with Gasteiger partial charge in [-0.15, -0.1) is 0 Å². The summed E-state index contributed by atoms with van der Waals surface area (Å²) in [5.41, 5.74) is 7.10. The Morgan fingerprint density at radius 2 is 1.83 bits per heavy atom. The highest BCUT2D eigenvalue weighted by Crippen LogP contribution is 2.17. The smallest absolute Gasteiger partial charge is 0.128 e. The first-order chi connectivity index (χ1) is 8.69. The fraction of sp³-hybridized carbons (Fsp3) is 0.667. The number of nitrogens with two attached hydrogens (primary N) is 1. The Morgan fingerprint density at radius 1 is 1.22 bits per heavy atom. The van der Waals surface area contributed by atoms with Crippen molar-refractivity contribution in [3.05, 3.63) is 23.9 Å². The van der Waals surface area contributed by atoms with Crippen LogP contribution >= 0.6 is 0 Å². The molecular formula is C15H27N3. The Hall–Kier alpha value is -1.09. The maximum absolute atomic E-state index is 5.94. The molecule has 3 nitrogen and oxygen atoms in total. The minimum Gasteiger partial charge on any atom is -0.357 e. The maximum Gasteiger partial charge on any atom is 0.128 e. The summed E-state index contributed by atoms with van der Waals surface area (Å²) in [5.74, 6) is 1.08. The Bertz CT molecular complexity index is 328. The van der Waals surface area contributed by atoms with E-state index >= 15 is 0 Å². The van der Waals surface area contributed by atoms with Gasteiger partial charge in [-0.1, -0.05) is 26.7 Å². The summed E-state index contributed by atoms with van der Waals surface area (Å²) in [4.78, 5) is 6.89. The van der Waals surface area contributed by atoms with Gasteiger partial charge in [-0.3, -0.25) is 0 Å². The van der Waals surface area contributed by atoms with Gasteiger partial charge >= 0.3 is 0 Å². The van der Waals surface area contributed by atoms with E-state index in [-0.39, 0.29) is 6.04 Å². The molecule has 0 amide bonds. The standard InChI is InChI=1S/C15H27N3/c1-4-6-10-18(11-7-5-2)15-12-14(13(3)16)8-9-17-15/h8-9,12-13H,4-7,10-11,16H2,1-3H3/t13-/m0/s1. The minimum atomic E-state index is 0.0750. The lowest BCUT2D eigenvalue weighted by Crippen LogP contribution is -2.26. The molecule has 0 saturated carbocycles. The fourth-order valence-corrected chi connectivity index (χ4v) is 1.93. The second-order valence-corrected chi connectivity index (χ2v) is 4.93. The average Bonchev–Trinajstić information content (AvgIpc) is 2.39. The predicted octanol–water partition coefficient (Wildman–Crippen LogP) is 3.51. The number of hydrogen-bond donors (Lipinski definition) is 1. The highest BCUT2D eigenvalue weighted by atomic mass is 15.2. The van der Waals surface area contributed by atoms with Crippen LogP contribution in [-0.2, 0) is 0 Å². The Labute approximate surface area is 111 Å². The van der Waals surface area contributed by atoms with Crippen LogP contribution < -0.4 is 10.6 Å². The van der Waals surface area contributed by atoms with Crippen LogP contribution in [0.3, 0.4) is 0 Å². The minimum absolute atomic E-state index is 0.0750. The highest BCUT2D eigenvalue weighted by molar-refractivity contribution is 5.41. The maximum atomic E-state index is 5.94. The molecule has 1 aromatic heterocycles. The molecule has 1 aromatic rings. The second-order valence-electron chi connectivity index (χ2n) is 4.93. The van der Waals surface area contributed by atoms with E-state index in [1.54, 1.807) is 0 Å².